The fraction of sp³-hybridized carbons (Fsp3) is 0.500. The van der Waals surface area contributed by atoms with Crippen molar-refractivity contribution in [2.45, 2.75) is 25.8 Å². The number of hydrogen-bond acceptors (Lipinski definition) is 4. The average Bonchev–Trinajstić information content (AvgIpc) is 2.71. The zero-order valence-electron chi connectivity index (χ0n) is 9.89. The number of aromatic nitrogens is 3. The minimum atomic E-state index is 0.521. The van der Waals surface area contributed by atoms with Crippen molar-refractivity contribution in [2.24, 2.45) is 0 Å². The normalized spacial score (nSPS) is 20.6. The lowest BCUT2D eigenvalue weighted by Crippen LogP contribution is -2.26. The number of nitrogens with zero attached hydrogens (tertiary/aromatic N) is 3. The maximum Gasteiger partial charge on any atom is 0.243 e. The lowest BCUT2D eigenvalue weighted by molar-refractivity contribution is 0.678. The van der Waals surface area contributed by atoms with Crippen molar-refractivity contribution in [3.05, 3.63) is 23.9 Å². The summed E-state index contributed by atoms with van der Waals surface area (Å²) in [6.45, 7) is 2.06. The van der Waals surface area contributed by atoms with Gasteiger partial charge in [0.1, 0.15) is 0 Å². The van der Waals surface area contributed by atoms with Gasteiger partial charge in [0.25, 0.3) is 0 Å². The van der Waals surface area contributed by atoms with Gasteiger partial charge in [0.15, 0.2) is 5.65 Å². The highest BCUT2D eigenvalue weighted by Crippen LogP contribution is 2.19. The van der Waals surface area contributed by atoms with Crippen LogP contribution in [-0.2, 0) is 0 Å². The van der Waals surface area contributed by atoms with E-state index in [9.17, 15) is 0 Å². The third-order valence-electron chi connectivity index (χ3n) is 2.97. The Balaban J connectivity index is 1.80. The Morgan fingerprint density at radius 1 is 1.47 bits per heavy atom. The summed E-state index contributed by atoms with van der Waals surface area (Å²) in [6, 6.07) is 4.58. The van der Waals surface area contributed by atoms with E-state index in [0.29, 0.717) is 6.04 Å². The number of pyridine rings is 1. The second kappa shape index (κ2) is 4.56. The molecule has 2 aromatic heterocycles. The lowest BCUT2D eigenvalue weighted by Gasteiger charge is -2.21. The van der Waals surface area contributed by atoms with Crippen LogP contribution in [0.1, 0.15) is 18.4 Å². The second-order valence-electron chi connectivity index (χ2n) is 4.50. The highest BCUT2D eigenvalue weighted by atomic mass is 32.2. The van der Waals surface area contributed by atoms with Crippen LogP contribution in [0.3, 0.4) is 0 Å². The lowest BCUT2D eigenvalue weighted by atomic mass is 10.2. The molecule has 0 aliphatic carbocycles. The maximum atomic E-state index is 4.48. The summed E-state index contributed by atoms with van der Waals surface area (Å²) in [5.41, 5.74) is 2.10. The summed E-state index contributed by atoms with van der Waals surface area (Å²) in [6.07, 6.45) is 4.51. The van der Waals surface area contributed by atoms with Gasteiger partial charge in [-0.3, -0.25) is 0 Å². The fourth-order valence-corrected chi connectivity index (χ4v) is 3.16. The minimum Gasteiger partial charge on any atom is -0.349 e. The average molecular weight is 248 g/mol. The molecule has 1 fully saturated rings. The van der Waals surface area contributed by atoms with Crippen LogP contribution in [0, 0.1) is 6.92 Å². The zero-order valence-corrected chi connectivity index (χ0v) is 10.7. The summed E-state index contributed by atoms with van der Waals surface area (Å²) in [5, 5.41) is 7.88. The van der Waals surface area contributed by atoms with Crippen LogP contribution >= 0.6 is 11.8 Å². The minimum absolute atomic E-state index is 0.521. The van der Waals surface area contributed by atoms with Crippen LogP contribution in [0.15, 0.2) is 18.3 Å². The highest BCUT2D eigenvalue weighted by molar-refractivity contribution is 7.99. The molecule has 1 unspecified atom stereocenters. The van der Waals surface area contributed by atoms with E-state index in [2.05, 4.69) is 28.4 Å². The Hall–Kier alpha value is -1.23. The molecule has 0 radical (unpaired) electrons. The Morgan fingerprint density at radius 2 is 2.41 bits per heavy atom. The predicted molar refractivity (Wildman–Crippen MR) is 71.7 cm³/mol. The van der Waals surface area contributed by atoms with Gasteiger partial charge in [-0.2, -0.15) is 16.7 Å². The van der Waals surface area contributed by atoms with Crippen molar-refractivity contribution < 1.29 is 0 Å². The van der Waals surface area contributed by atoms with Gasteiger partial charge in [0, 0.05) is 18.0 Å². The molecule has 0 saturated carbocycles. The first kappa shape index (κ1) is 10.9. The number of fused-ring (bicyclic) bond motifs is 1. The number of anilines is 1. The van der Waals surface area contributed by atoms with Gasteiger partial charge in [-0.25, -0.2) is 4.52 Å². The number of rotatable bonds is 2. The first-order valence-corrected chi connectivity index (χ1v) is 7.14. The Bertz CT molecular complexity index is 516. The van der Waals surface area contributed by atoms with Crippen LogP contribution in [-0.4, -0.2) is 32.1 Å². The molecule has 90 valence electrons. The molecule has 4 nitrogen and oxygen atoms in total. The first-order valence-electron chi connectivity index (χ1n) is 5.98. The van der Waals surface area contributed by atoms with Crippen LogP contribution in [0.25, 0.3) is 5.65 Å². The van der Waals surface area contributed by atoms with Gasteiger partial charge in [0.2, 0.25) is 5.95 Å². The van der Waals surface area contributed by atoms with Crippen LogP contribution in [0.2, 0.25) is 0 Å². The maximum absolute atomic E-state index is 4.48. The van der Waals surface area contributed by atoms with Crippen LogP contribution < -0.4 is 5.32 Å². The van der Waals surface area contributed by atoms with E-state index in [1.54, 1.807) is 0 Å². The molecule has 3 heterocycles. The van der Waals surface area contributed by atoms with Gasteiger partial charge in [-0.1, -0.05) is 6.07 Å². The van der Waals surface area contributed by atoms with Gasteiger partial charge in [-0.05, 0) is 37.1 Å². The smallest absolute Gasteiger partial charge is 0.243 e. The number of thioether (sulfide) groups is 1. The summed E-state index contributed by atoms with van der Waals surface area (Å²) in [7, 11) is 0. The predicted octanol–water partition coefficient (Wildman–Crippen LogP) is 2.35. The number of aryl methyl sites for hydroxylation is 1. The van der Waals surface area contributed by atoms with E-state index in [-0.39, 0.29) is 0 Å². The second-order valence-corrected chi connectivity index (χ2v) is 5.65. The largest absolute Gasteiger partial charge is 0.349 e. The van der Waals surface area contributed by atoms with E-state index in [1.165, 1.54) is 24.2 Å². The molecule has 1 aliphatic rings. The van der Waals surface area contributed by atoms with Crippen LogP contribution in [0.5, 0.6) is 0 Å². The topological polar surface area (TPSA) is 42.2 Å². The molecule has 0 bridgehead atoms. The van der Waals surface area contributed by atoms with E-state index in [1.807, 2.05) is 28.5 Å². The van der Waals surface area contributed by atoms with Crippen LogP contribution in [0.4, 0.5) is 5.95 Å². The molecule has 1 N–H and O–H groups in total. The van der Waals surface area contributed by atoms with Gasteiger partial charge in [0.05, 0.1) is 0 Å². The molecule has 17 heavy (non-hydrogen) atoms. The Morgan fingerprint density at radius 3 is 3.24 bits per heavy atom. The van der Waals surface area contributed by atoms with Gasteiger partial charge in [-0.15, -0.1) is 5.10 Å². The number of hydrogen-bond donors (Lipinski definition) is 1. The molecule has 1 aliphatic heterocycles. The molecule has 1 saturated heterocycles. The number of nitrogens with one attached hydrogen (secondary N) is 1. The van der Waals surface area contributed by atoms with Gasteiger partial charge >= 0.3 is 0 Å². The van der Waals surface area contributed by atoms with E-state index < -0.39 is 0 Å². The van der Waals surface area contributed by atoms with E-state index >= 15 is 0 Å². The Labute approximate surface area is 105 Å². The zero-order chi connectivity index (χ0) is 11.7. The molecule has 0 spiro atoms. The molecule has 5 heteroatoms. The molecular weight excluding hydrogens is 232 g/mol. The molecule has 0 aromatic carbocycles. The standard InChI is InChI=1S/C12H16N4S/c1-9-4-5-11-14-12(15-16(11)7-9)13-10-3-2-6-17-8-10/h4-5,7,10H,2-3,6,8H2,1H3,(H,13,15). The molecule has 3 rings (SSSR count). The van der Waals surface area contributed by atoms with E-state index in [4.69, 9.17) is 0 Å². The summed E-state index contributed by atoms with van der Waals surface area (Å²) in [5.74, 6) is 3.20. The summed E-state index contributed by atoms with van der Waals surface area (Å²) < 4.78 is 1.84. The fourth-order valence-electron chi connectivity index (χ4n) is 2.08. The van der Waals surface area contributed by atoms with Gasteiger partial charge < -0.3 is 5.32 Å². The third kappa shape index (κ3) is 2.39. The van der Waals surface area contributed by atoms with Crippen molar-refractivity contribution >= 4 is 23.4 Å². The van der Waals surface area contributed by atoms with E-state index in [0.717, 1.165) is 17.3 Å². The summed E-state index contributed by atoms with van der Waals surface area (Å²) >= 11 is 2.01. The molecule has 2 aromatic rings. The van der Waals surface area contributed by atoms with Crippen molar-refractivity contribution in [3.63, 3.8) is 0 Å². The van der Waals surface area contributed by atoms with Crippen molar-refractivity contribution in [1.29, 1.82) is 0 Å². The first-order chi connectivity index (χ1) is 8.31. The SMILES string of the molecule is Cc1ccc2nc(NC3CCCSC3)nn2c1. The van der Waals surface area contributed by atoms with Crippen molar-refractivity contribution in [1.82, 2.24) is 14.6 Å². The van der Waals surface area contributed by atoms with Crippen molar-refractivity contribution in [3.8, 4) is 0 Å². The highest BCUT2D eigenvalue weighted by Gasteiger charge is 2.15. The molecular formula is C12H16N4S. The quantitative estimate of drug-likeness (QED) is 0.886. The summed E-state index contributed by atoms with van der Waals surface area (Å²) in [4.78, 5) is 4.48. The molecule has 1 atom stereocenters. The third-order valence-corrected chi connectivity index (χ3v) is 4.19. The Kier molecular flexibility index (Phi) is 2.93. The monoisotopic (exact) mass is 248 g/mol. The van der Waals surface area contributed by atoms with Crippen molar-refractivity contribution in [2.75, 3.05) is 16.8 Å². The molecule has 0 amide bonds.